The molecular weight excluding hydrogens is 276 g/mol. The van der Waals surface area contributed by atoms with Gasteiger partial charge in [0, 0.05) is 35.3 Å². The maximum atomic E-state index is 12.1. The fourth-order valence-electron chi connectivity index (χ4n) is 2.55. The Kier molecular flexibility index (Phi) is 2.83. The number of pyridine rings is 1. The van der Waals surface area contributed by atoms with E-state index in [0.717, 1.165) is 28.1 Å². The van der Waals surface area contributed by atoms with Crippen molar-refractivity contribution in [3.05, 3.63) is 70.3 Å². The van der Waals surface area contributed by atoms with Gasteiger partial charge in [0.25, 0.3) is 5.56 Å². The van der Waals surface area contributed by atoms with Gasteiger partial charge in [-0.1, -0.05) is 18.2 Å². The monoisotopic (exact) mass is 288 g/mol. The molecule has 0 fully saturated rings. The third-order valence-electron chi connectivity index (χ3n) is 3.62. The van der Waals surface area contributed by atoms with E-state index in [1.54, 1.807) is 18.6 Å². The molecule has 0 atom stereocenters. The SMILES string of the molecule is O=c1[nH][nH]c(-c2cccnc2)c1/C=C1/C=Nc2ccccc21. The summed E-state index contributed by atoms with van der Waals surface area (Å²) in [5.41, 5.74) is 4.87. The highest BCUT2D eigenvalue weighted by molar-refractivity contribution is 6.21. The van der Waals surface area contributed by atoms with Crippen molar-refractivity contribution in [1.82, 2.24) is 15.2 Å². The van der Waals surface area contributed by atoms with Gasteiger partial charge < -0.3 is 0 Å². The zero-order chi connectivity index (χ0) is 14.9. The maximum Gasteiger partial charge on any atom is 0.271 e. The molecule has 0 radical (unpaired) electrons. The standard InChI is InChI=1S/C17H12N4O/c22-17-14(16(20-21-17)11-4-3-7-18-9-11)8-12-10-19-15-6-2-1-5-13(12)15/h1-10H,(H2,20,21,22)/b12-8-. The Bertz CT molecular complexity index is 948. The van der Waals surface area contributed by atoms with Crippen molar-refractivity contribution in [2.24, 2.45) is 4.99 Å². The van der Waals surface area contributed by atoms with Gasteiger partial charge >= 0.3 is 0 Å². The molecule has 0 saturated heterocycles. The third kappa shape index (κ3) is 2.00. The lowest BCUT2D eigenvalue weighted by Crippen LogP contribution is -2.02. The molecule has 5 heteroatoms. The predicted octanol–water partition coefficient (Wildman–Crippen LogP) is 3.02. The van der Waals surface area contributed by atoms with Crippen LogP contribution in [0.2, 0.25) is 0 Å². The molecule has 0 spiro atoms. The first-order chi connectivity index (χ1) is 10.8. The van der Waals surface area contributed by atoms with Gasteiger partial charge in [-0.25, -0.2) is 0 Å². The molecule has 3 aromatic rings. The lowest BCUT2D eigenvalue weighted by atomic mass is 10.0. The molecule has 2 aromatic heterocycles. The van der Waals surface area contributed by atoms with Crippen LogP contribution in [0.1, 0.15) is 11.1 Å². The number of para-hydroxylation sites is 1. The van der Waals surface area contributed by atoms with Crippen molar-refractivity contribution >= 4 is 23.6 Å². The quantitative estimate of drug-likeness (QED) is 0.760. The van der Waals surface area contributed by atoms with Gasteiger partial charge in [-0.3, -0.25) is 25.0 Å². The molecule has 1 aromatic carbocycles. The summed E-state index contributed by atoms with van der Waals surface area (Å²) in [5, 5.41) is 5.56. The number of aliphatic imine (C=N–C) groups is 1. The molecule has 2 N–H and O–H groups in total. The molecule has 0 saturated carbocycles. The van der Waals surface area contributed by atoms with E-state index in [0.29, 0.717) is 5.56 Å². The van der Waals surface area contributed by atoms with Gasteiger partial charge in [0.15, 0.2) is 0 Å². The van der Waals surface area contributed by atoms with Gasteiger partial charge in [0.1, 0.15) is 0 Å². The molecule has 4 rings (SSSR count). The van der Waals surface area contributed by atoms with Crippen LogP contribution in [0.5, 0.6) is 0 Å². The van der Waals surface area contributed by atoms with Gasteiger partial charge in [0.2, 0.25) is 0 Å². The van der Waals surface area contributed by atoms with Crippen LogP contribution in [0.25, 0.3) is 22.9 Å². The lowest BCUT2D eigenvalue weighted by molar-refractivity contribution is 1.06. The number of nitrogens with one attached hydrogen (secondary N) is 2. The van der Waals surface area contributed by atoms with Crippen molar-refractivity contribution in [3.63, 3.8) is 0 Å². The number of rotatable bonds is 2. The third-order valence-corrected chi connectivity index (χ3v) is 3.62. The highest BCUT2D eigenvalue weighted by Crippen LogP contribution is 2.32. The number of H-pyrrole nitrogens is 2. The van der Waals surface area contributed by atoms with Crippen molar-refractivity contribution in [2.45, 2.75) is 0 Å². The van der Waals surface area contributed by atoms with E-state index in [1.807, 2.05) is 42.5 Å². The summed E-state index contributed by atoms with van der Waals surface area (Å²) in [6.07, 6.45) is 7.06. The van der Waals surface area contributed by atoms with Crippen molar-refractivity contribution in [3.8, 4) is 11.3 Å². The number of benzene rings is 1. The van der Waals surface area contributed by atoms with Gasteiger partial charge in [0.05, 0.1) is 16.9 Å². The van der Waals surface area contributed by atoms with Crippen LogP contribution in [-0.2, 0) is 0 Å². The van der Waals surface area contributed by atoms with E-state index in [-0.39, 0.29) is 5.56 Å². The molecule has 3 heterocycles. The summed E-state index contributed by atoms with van der Waals surface area (Å²) >= 11 is 0. The minimum atomic E-state index is -0.163. The van der Waals surface area contributed by atoms with E-state index < -0.39 is 0 Å². The fourth-order valence-corrected chi connectivity index (χ4v) is 2.55. The molecule has 106 valence electrons. The number of fused-ring (bicyclic) bond motifs is 1. The van der Waals surface area contributed by atoms with E-state index in [1.165, 1.54) is 0 Å². The maximum absolute atomic E-state index is 12.1. The van der Waals surface area contributed by atoms with Gasteiger partial charge in [-0.05, 0) is 24.3 Å². The Morgan fingerprint density at radius 3 is 2.82 bits per heavy atom. The molecule has 5 nitrogen and oxygen atoms in total. The van der Waals surface area contributed by atoms with Crippen molar-refractivity contribution < 1.29 is 0 Å². The van der Waals surface area contributed by atoms with E-state index >= 15 is 0 Å². The van der Waals surface area contributed by atoms with Crippen LogP contribution < -0.4 is 5.56 Å². The Balaban J connectivity index is 1.86. The molecule has 1 aliphatic heterocycles. The zero-order valence-electron chi connectivity index (χ0n) is 11.6. The number of hydrogen-bond donors (Lipinski definition) is 2. The highest BCUT2D eigenvalue weighted by atomic mass is 16.1. The topological polar surface area (TPSA) is 73.9 Å². The molecule has 0 bridgehead atoms. The second-order valence-electron chi connectivity index (χ2n) is 4.98. The van der Waals surface area contributed by atoms with Crippen LogP contribution in [-0.4, -0.2) is 21.4 Å². The van der Waals surface area contributed by atoms with E-state index in [9.17, 15) is 4.79 Å². The summed E-state index contributed by atoms with van der Waals surface area (Å²) < 4.78 is 0. The Labute approximate surface area is 126 Å². The summed E-state index contributed by atoms with van der Waals surface area (Å²) in [6, 6.07) is 11.6. The van der Waals surface area contributed by atoms with E-state index in [2.05, 4.69) is 20.2 Å². The summed E-state index contributed by atoms with van der Waals surface area (Å²) in [5.74, 6) is 0. The highest BCUT2D eigenvalue weighted by Gasteiger charge is 2.15. The Morgan fingerprint density at radius 1 is 1.05 bits per heavy atom. The van der Waals surface area contributed by atoms with Gasteiger partial charge in [-0.2, -0.15) is 0 Å². The smallest absolute Gasteiger partial charge is 0.271 e. The molecule has 1 aliphatic rings. The first kappa shape index (κ1) is 12.5. The largest absolute Gasteiger partial charge is 0.297 e. The van der Waals surface area contributed by atoms with Crippen molar-refractivity contribution in [2.75, 3.05) is 0 Å². The van der Waals surface area contributed by atoms with Crippen LogP contribution in [0.4, 0.5) is 5.69 Å². The number of allylic oxidation sites excluding steroid dienone is 1. The number of nitrogens with zero attached hydrogens (tertiary/aromatic N) is 2. The number of hydrogen-bond acceptors (Lipinski definition) is 3. The predicted molar refractivity (Wildman–Crippen MR) is 87.1 cm³/mol. The zero-order valence-corrected chi connectivity index (χ0v) is 11.6. The van der Waals surface area contributed by atoms with E-state index in [4.69, 9.17) is 0 Å². The average molecular weight is 288 g/mol. The molecular formula is C17H12N4O. The molecule has 0 amide bonds. The van der Waals surface area contributed by atoms with Crippen LogP contribution in [0.15, 0.2) is 58.6 Å². The second kappa shape index (κ2) is 4.96. The summed E-state index contributed by atoms with van der Waals surface area (Å²) in [6.45, 7) is 0. The van der Waals surface area contributed by atoms with Crippen LogP contribution >= 0.6 is 0 Å². The first-order valence-corrected chi connectivity index (χ1v) is 6.89. The molecule has 0 unspecified atom stereocenters. The first-order valence-electron chi connectivity index (χ1n) is 6.89. The molecule has 0 aliphatic carbocycles. The summed E-state index contributed by atoms with van der Waals surface area (Å²) in [7, 11) is 0. The minimum absolute atomic E-state index is 0.163. The number of aromatic amines is 2. The Hall–Kier alpha value is -3.21. The normalized spacial score (nSPS) is 14.5. The fraction of sp³-hybridized carbons (Fsp3) is 0. The molecule has 22 heavy (non-hydrogen) atoms. The number of aromatic nitrogens is 3. The van der Waals surface area contributed by atoms with Crippen LogP contribution in [0, 0.1) is 0 Å². The summed E-state index contributed by atoms with van der Waals surface area (Å²) in [4.78, 5) is 20.6. The lowest BCUT2D eigenvalue weighted by Gasteiger charge is -2.00. The minimum Gasteiger partial charge on any atom is -0.297 e. The second-order valence-corrected chi connectivity index (χ2v) is 4.98. The Morgan fingerprint density at radius 2 is 1.95 bits per heavy atom. The average Bonchev–Trinajstić information content (AvgIpc) is 3.14. The van der Waals surface area contributed by atoms with Crippen molar-refractivity contribution in [1.29, 1.82) is 0 Å². The van der Waals surface area contributed by atoms with Crippen LogP contribution in [0.3, 0.4) is 0 Å². The van der Waals surface area contributed by atoms with Gasteiger partial charge in [-0.15, -0.1) is 0 Å².